The van der Waals surface area contributed by atoms with Gasteiger partial charge in [0, 0.05) is 30.1 Å². The number of nitrogens with one attached hydrogen (secondary N) is 1. The largest absolute Gasteiger partial charge is 0.487 e. The molecule has 5 N–H and O–H groups in total. The molecule has 0 fully saturated rings. The highest BCUT2D eigenvalue weighted by Gasteiger charge is 2.17. The van der Waals surface area contributed by atoms with Crippen molar-refractivity contribution in [2.75, 3.05) is 6.61 Å². The Hall–Kier alpha value is -3.49. The second-order valence-corrected chi connectivity index (χ2v) is 5.45. The number of ether oxygens (including phenoxy) is 1. The van der Waals surface area contributed by atoms with Gasteiger partial charge in [-0.2, -0.15) is 0 Å². The molecule has 1 atom stereocenters. The fraction of sp³-hybridized carbons (Fsp3) is 0.235. The van der Waals surface area contributed by atoms with Crippen molar-refractivity contribution in [3.8, 4) is 5.75 Å². The average molecular weight is 362 g/mol. The SMILES string of the molecule is N/C(=C\NC(CCC(=O)O)C(=O)O)COc1ccc2ccc(=O)oc2c1. The summed E-state index contributed by atoms with van der Waals surface area (Å²) in [5, 5.41) is 21.0. The molecule has 1 aromatic heterocycles. The second-order valence-electron chi connectivity index (χ2n) is 5.45. The maximum Gasteiger partial charge on any atom is 0.336 e. The molecule has 0 aliphatic rings. The molecule has 0 spiro atoms. The van der Waals surface area contributed by atoms with E-state index >= 15 is 0 Å². The van der Waals surface area contributed by atoms with Crippen LogP contribution in [0.25, 0.3) is 11.0 Å². The summed E-state index contributed by atoms with van der Waals surface area (Å²) in [4.78, 5) is 32.8. The molecule has 0 aliphatic carbocycles. The number of benzene rings is 1. The number of carbonyl (C=O) groups is 2. The lowest BCUT2D eigenvalue weighted by Crippen LogP contribution is -2.34. The molecule has 0 amide bonds. The van der Waals surface area contributed by atoms with Gasteiger partial charge in [-0.05, 0) is 24.6 Å². The first kappa shape index (κ1) is 18.8. The average Bonchev–Trinajstić information content (AvgIpc) is 2.58. The Morgan fingerprint density at radius 2 is 2.00 bits per heavy atom. The van der Waals surface area contributed by atoms with Crippen LogP contribution in [0.2, 0.25) is 0 Å². The predicted octanol–water partition coefficient (Wildman–Crippen LogP) is 0.880. The summed E-state index contributed by atoms with van der Waals surface area (Å²) < 4.78 is 10.5. The van der Waals surface area contributed by atoms with Crippen LogP contribution in [0, 0.1) is 0 Å². The van der Waals surface area contributed by atoms with Crippen LogP contribution < -0.4 is 21.4 Å². The van der Waals surface area contributed by atoms with Crippen LogP contribution in [0.3, 0.4) is 0 Å². The van der Waals surface area contributed by atoms with Crippen molar-refractivity contribution in [3.05, 3.63) is 52.6 Å². The molecule has 0 saturated carbocycles. The summed E-state index contributed by atoms with van der Waals surface area (Å²) in [6.07, 6.45) is 0.900. The minimum Gasteiger partial charge on any atom is -0.487 e. The number of fused-ring (bicyclic) bond motifs is 1. The Morgan fingerprint density at radius 1 is 1.27 bits per heavy atom. The van der Waals surface area contributed by atoms with Crippen molar-refractivity contribution in [1.29, 1.82) is 0 Å². The maximum atomic E-state index is 11.2. The number of nitrogens with two attached hydrogens (primary N) is 1. The first-order valence-electron chi connectivity index (χ1n) is 7.67. The third kappa shape index (κ3) is 5.55. The van der Waals surface area contributed by atoms with E-state index < -0.39 is 23.6 Å². The van der Waals surface area contributed by atoms with Crippen LogP contribution in [0.4, 0.5) is 0 Å². The number of carboxylic acid groups (broad SMARTS) is 2. The summed E-state index contributed by atoms with van der Waals surface area (Å²) in [5.41, 5.74) is 5.86. The van der Waals surface area contributed by atoms with Crippen LogP contribution in [0.5, 0.6) is 5.75 Å². The highest BCUT2D eigenvalue weighted by molar-refractivity contribution is 5.77. The normalized spacial score (nSPS) is 12.5. The monoisotopic (exact) mass is 362 g/mol. The number of aliphatic carboxylic acids is 2. The van der Waals surface area contributed by atoms with E-state index in [2.05, 4.69) is 5.32 Å². The van der Waals surface area contributed by atoms with E-state index in [1.165, 1.54) is 12.3 Å². The van der Waals surface area contributed by atoms with Crippen LogP contribution in [-0.2, 0) is 9.59 Å². The summed E-state index contributed by atoms with van der Waals surface area (Å²) in [6.45, 7) is -0.0408. The van der Waals surface area contributed by atoms with Gasteiger partial charge in [-0.15, -0.1) is 0 Å². The highest BCUT2D eigenvalue weighted by atomic mass is 16.5. The van der Waals surface area contributed by atoms with Gasteiger partial charge in [0.05, 0.1) is 5.70 Å². The fourth-order valence-corrected chi connectivity index (χ4v) is 2.09. The Balaban J connectivity index is 1.95. The summed E-state index contributed by atoms with van der Waals surface area (Å²) in [7, 11) is 0. The third-order valence-corrected chi connectivity index (χ3v) is 3.41. The molecule has 0 bridgehead atoms. The van der Waals surface area contributed by atoms with Crippen LogP contribution in [0.15, 0.2) is 51.4 Å². The molecular formula is C17H18N2O7. The van der Waals surface area contributed by atoms with Gasteiger partial charge >= 0.3 is 17.6 Å². The third-order valence-electron chi connectivity index (χ3n) is 3.41. The van der Waals surface area contributed by atoms with Gasteiger partial charge in [0.15, 0.2) is 0 Å². The molecule has 0 radical (unpaired) electrons. The topological polar surface area (TPSA) is 152 Å². The zero-order chi connectivity index (χ0) is 19.1. The summed E-state index contributed by atoms with van der Waals surface area (Å²) in [6, 6.07) is 6.82. The second kappa shape index (κ2) is 8.56. The van der Waals surface area contributed by atoms with Gasteiger partial charge in [0.1, 0.15) is 24.0 Å². The van der Waals surface area contributed by atoms with E-state index in [0.29, 0.717) is 11.3 Å². The van der Waals surface area contributed by atoms with Crippen molar-refractivity contribution in [2.24, 2.45) is 5.73 Å². The smallest absolute Gasteiger partial charge is 0.336 e. The van der Waals surface area contributed by atoms with Crippen molar-refractivity contribution in [1.82, 2.24) is 5.32 Å². The van der Waals surface area contributed by atoms with Gasteiger partial charge in [0.25, 0.3) is 0 Å². The Kier molecular flexibility index (Phi) is 6.20. The van der Waals surface area contributed by atoms with Crippen LogP contribution in [-0.4, -0.2) is 34.8 Å². The van der Waals surface area contributed by atoms with Crippen molar-refractivity contribution in [2.45, 2.75) is 18.9 Å². The van der Waals surface area contributed by atoms with E-state index in [0.717, 1.165) is 5.39 Å². The first-order valence-corrected chi connectivity index (χ1v) is 7.67. The molecule has 2 aromatic rings. The molecule has 1 unspecified atom stereocenters. The molecule has 0 saturated heterocycles. The molecule has 138 valence electrons. The molecule has 1 aromatic carbocycles. The lowest BCUT2D eigenvalue weighted by molar-refractivity contribution is -0.140. The minimum atomic E-state index is -1.18. The Morgan fingerprint density at radius 3 is 2.69 bits per heavy atom. The van der Waals surface area contributed by atoms with Gasteiger partial charge in [0.2, 0.25) is 0 Å². The number of hydrogen-bond donors (Lipinski definition) is 4. The molecule has 0 aliphatic heterocycles. The highest BCUT2D eigenvalue weighted by Crippen LogP contribution is 2.19. The zero-order valence-electron chi connectivity index (χ0n) is 13.7. The summed E-state index contributed by atoms with van der Waals surface area (Å²) >= 11 is 0. The quantitative estimate of drug-likeness (QED) is 0.476. The van der Waals surface area contributed by atoms with E-state index in [1.54, 1.807) is 24.3 Å². The van der Waals surface area contributed by atoms with E-state index in [-0.39, 0.29) is 25.1 Å². The van der Waals surface area contributed by atoms with Crippen LogP contribution >= 0.6 is 0 Å². The van der Waals surface area contributed by atoms with Gasteiger partial charge < -0.3 is 30.4 Å². The van der Waals surface area contributed by atoms with E-state index in [1.807, 2.05) is 0 Å². The molecule has 2 rings (SSSR count). The predicted molar refractivity (Wildman–Crippen MR) is 91.7 cm³/mol. The fourth-order valence-electron chi connectivity index (χ4n) is 2.09. The van der Waals surface area contributed by atoms with Gasteiger partial charge in [-0.1, -0.05) is 0 Å². The Bertz CT molecular complexity index is 888. The van der Waals surface area contributed by atoms with Gasteiger partial charge in [-0.25, -0.2) is 9.59 Å². The number of hydrogen-bond acceptors (Lipinski definition) is 7. The molecule has 26 heavy (non-hydrogen) atoms. The van der Waals surface area contributed by atoms with Crippen molar-refractivity contribution in [3.63, 3.8) is 0 Å². The molecule has 9 heteroatoms. The van der Waals surface area contributed by atoms with Gasteiger partial charge in [-0.3, -0.25) is 4.79 Å². The van der Waals surface area contributed by atoms with E-state index in [9.17, 15) is 14.4 Å². The van der Waals surface area contributed by atoms with Crippen molar-refractivity contribution < 1.29 is 29.0 Å². The molecule has 1 heterocycles. The number of rotatable bonds is 9. The summed E-state index contributed by atoms with van der Waals surface area (Å²) in [5.74, 6) is -1.84. The zero-order valence-corrected chi connectivity index (χ0v) is 13.7. The Labute approximate surface area is 147 Å². The number of carboxylic acids is 2. The van der Waals surface area contributed by atoms with Crippen molar-refractivity contribution >= 4 is 22.9 Å². The molecular weight excluding hydrogens is 344 g/mol. The minimum absolute atomic E-state index is 0.0408. The molecule has 9 nitrogen and oxygen atoms in total. The van der Waals surface area contributed by atoms with Crippen LogP contribution in [0.1, 0.15) is 12.8 Å². The van der Waals surface area contributed by atoms with E-state index in [4.69, 9.17) is 25.1 Å². The lowest BCUT2D eigenvalue weighted by atomic mass is 10.1. The maximum absolute atomic E-state index is 11.2. The lowest BCUT2D eigenvalue weighted by Gasteiger charge is -2.12. The first-order chi connectivity index (χ1) is 12.3. The standard InChI is InChI=1S/C17H18N2O7/c18-11(8-19-13(17(23)24)4-5-15(20)21)9-25-12-3-1-10-2-6-16(22)26-14(10)7-12/h1-3,6-8,13,19H,4-5,9,18H2,(H,20,21)(H,23,24)/b11-8-.